The van der Waals surface area contributed by atoms with Crippen molar-refractivity contribution in [3.05, 3.63) is 35.4 Å². The number of methoxy groups -OCH3 is 1. The predicted octanol–water partition coefficient (Wildman–Crippen LogP) is 5.97. The van der Waals surface area contributed by atoms with Gasteiger partial charge in [0.05, 0.1) is 7.11 Å². The first-order valence-electron chi connectivity index (χ1n) is 11.2. The molecule has 0 aliphatic carbocycles. The number of hydrogen-bond donors (Lipinski definition) is 1. The molecule has 1 aromatic carbocycles. The van der Waals surface area contributed by atoms with E-state index < -0.39 is 5.25 Å². The number of thioether (sulfide) groups is 1. The topological polar surface area (TPSA) is 69.4 Å². The minimum atomic E-state index is -0.404. The van der Waals surface area contributed by atoms with Gasteiger partial charge in [0.2, 0.25) is 5.91 Å². The minimum Gasteiger partial charge on any atom is -0.468 e. The largest absolute Gasteiger partial charge is 0.468 e. The maximum atomic E-state index is 12.3. The molecule has 1 atom stereocenters. The van der Waals surface area contributed by atoms with E-state index in [1.165, 1.54) is 82.2 Å². The molecule has 0 aromatic heterocycles. The van der Waals surface area contributed by atoms with Crippen molar-refractivity contribution < 1.29 is 14.3 Å². The zero-order valence-corrected chi connectivity index (χ0v) is 19.1. The van der Waals surface area contributed by atoms with Crippen molar-refractivity contribution in [2.75, 3.05) is 12.9 Å². The number of rotatable bonds is 17. The van der Waals surface area contributed by atoms with Crippen LogP contribution in [0.5, 0.6) is 0 Å². The molecule has 0 heterocycles. The standard InChI is InChI=1S/C24H39NO3S/c1-3-4-5-6-7-8-9-10-11-12-15-20-16-13-14-17-21(20)23(24(27)28-2)29-19-18-22(25)26/h13-14,16-17,23H,3-12,15,18-19H2,1-2H3,(H2,25,26). The average molecular weight is 422 g/mol. The van der Waals surface area contributed by atoms with Crippen molar-refractivity contribution in [2.24, 2.45) is 5.73 Å². The van der Waals surface area contributed by atoms with Gasteiger partial charge in [-0.2, -0.15) is 0 Å². The molecule has 0 saturated heterocycles. The van der Waals surface area contributed by atoms with E-state index in [-0.39, 0.29) is 18.3 Å². The molecule has 0 aliphatic heterocycles. The Morgan fingerprint density at radius 2 is 1.55 bits per heavy atom. The van der Waals surface area contributed by atoms with Gasteiger partial charge in [0.1, 0.15) is 5.25 Å². The Hall–Kier alpha value is -1.49. The summed E-state index contributed by atoms with van der Waals surface area (Å²) in [6, 6.07) is 8.09. The van der Waals surface area contributed by atoms with Crippen LogP contribution < -0.4 is 5.73 Å². The van der Waals surface area contributed by atoms with Crippen molar-refractivity contribution in [2.45, 2.75) is 89.2 Å². The summed E-state index contributed by atoms with van der Waals surface area (Å²) >= 11 is 1.43. The van der Waals surface area contributed by atoms with Crippen LogP contribution in [-0.2, 0) is 20.7 Å². The van der Waals surface area contributed by atoms with E-state index >= 15 is 0 Å². The van der Waals surface area contributed by atoms with Crippen LogP contribution >= 0.6 is 11.8 Å². The fourth-order valence-electron chi connectivity index (χ4n) is 3.49. The highest BCUT2D eigenvalue weighted by atomic mass is 32.2. The second-order valence-corrected chi connectivity index (χ2v) is 8.83. The van der Waals surface area contributed by atoms with Gasteiger partial charge in [-0.05, 0) is 24.0 Å². The molecule has 1 unspecified atom stereocenters. The molecule has 164 valence electrons. The van der Waals surface area contributed by atoms with Crippen molar-refractivity contribution in [3.63, 3.8) is 0 Å². The Bertz CT molecular complexity index is 591. The second-order valence-electron chi connectivity index (χ2n) is 7.62. The van der Waals surface area contributed by atoms with Crippen molar-refractivity contribution in [1.82, 2.24) is 0 Å². The monoisotopic (exact) mass is 421 g/mol. The summed E-state index contributed by atoms with van der Waals surface area (Å²) in [6.45, 7) is 2.26. The van der Waals surface area contributed by atoms with Gasteiger partial charge in [0.15, 0.2) is 0 Å². The van der Waals surface area contributed by atoms with Crippen LogP contribution in [0.3, 0.4) is 0 Å². The van der Waals surface area contributed by atoms with E-state index in [4.69, 9.17) is 10.5 Å². The first kappa shape index (κ1) is 25.5. The molecule has 0 spiro atoms. The van der Waals surface area contributed by atoms with Gasteiger partial charge < -0.3 is 10.5 Å². The molecule has 0 fully saturated rings. The van der Waals surface area contributed by atoms with Crippen LogP contribution in [-0.4, -0.2) is 24.7 Å². The maximum absolute atomic E-state index is 12.3. The van der Waals surface area contributed by atoms with E-state index in [0.717, 1.165) is 18.4 Å². The molecule has 0 aliphatic rings. The number of benzene rings is 1. The molecular formula is C24H39NO3S. The molecule has 4 nitrogen and oxygen atoms in total. The van der Waals surface area contributed by atoms with Gasteiger partial charge in [-0.25, -0.2) is 0 Å². The summed E-state index contributed by atoms with van der Waals surface area (Å²) in [6.07, 6.45) is 14.3. The maximum Gasteiger partial charge on any atom is 0.323 e. The predicted molar refractivity (Wildman–Crippen MR) is 123 cm³/mol. The highest BCUT2D eigenvalue weighted by Gasteiger charge is 2.24. The molecule has 1 aromatic rings. The quantitative estimate of drug-likeness (QED) is 0.248. The zero-order chi connectivity index (χ0) is 21.3. The van der Waals surface area contributed by atoms with Gasteiger partial charge in [0.25, 0.3) is 0 Å². The number of aryl methyl sites for hydroxylation is 1. The molecule has 2 N–H and O–H groups in total. The molecular weight excluding hydrogens is 382 g/mol. The Morgan fingerprint density at radius 3 is 2.14 bits per heavy atom. The fraction of sp³-hybridized carbons (Fsp3) is 0.667. The molecule has 0 saturated carbocycles. The van der Waals surface area contributed by atoms with E-state index in [2.05, 4.69) is 13.0 Å². The summed E-state index contributed by atoms with van der Waals surface area (Å²) in [5.74, 6) is -0.100. The average Bonchev–Trinajstić information content (AvgIpc) is 2.72. The number of ether oxygens (including phenoxy) is 1. The molecule has 1 rings (SSSR count). The second kappa shape index (κ2) is 16.3. The lowest BCUT2D eigenvalue weighted by Crippen LogP contribution is -2.16. The Labute approximate surface area is 181 Å². The number of unbranched alkanes of at least 4 members (excludes halogenated alkanes) is 9. The highest BCUT2D eigenvalue weighted by molar-refractivity contribution is 8.00. The zero-order valence-electron chi connectivity index (χ0n) is 18.3. The van der Waals surface area contributed by atoms with Crippen LogP contribution in [0.15, 0.2) is 24.3 Å². The third kappa shape index (κ3) is 11.3. The molecule has 5 heteroatoms. The lowest BCUT2D eigenvalue weighted by Gasteiger charge is -2.18. The van der Waals surface area contributed by atoms with Crippen LogP contribution in [0.1, 0.15) is 93.9 Å². The molecule has 0 bridgehead atoms. The highest BCUT2D eigenvalue weighted by Crippen LogP contribution is 2.33. The number of esters is 1. The normalized spacial score (nSPS) is 11.9. The summed E-state index contributed by atoms with van der Waals surface area (Å²) in [7, 11) is 1.41. The van der Waals surface area contributed by atoms with Gasteiger partial charge in [-0.3, -0.25) is 9.59 Å². The van der Waals surface area contributed by atoms with Gasteiger partial charge in [-0.15, -0.1) is 11.8 Å². The van der Waals surface area contributed by atoms with E-state index in [1.54, 1.807) is 0 Å². The molecule has 29 heavy (non-hydrogen) atoms. The molecule has 1 amide bonds. The van der Waals surface area contributed by atoms with Crippen LogP contribution in [0.2, 0.25) is 0 Å². The summed E-state index contributed by atoms with van der Waals surface area (Å²) < 4.78 is 5.01. The minimum absolute atomic E-state index is 0.263. The first-order valence-corrected chi connectivity index (χ1v) is 12.2. The third-order valence-corrected chi connectivity index (χ3v) is 6.41. The Morgan fingerprint density at radius 1 is 0.966 bits per heavy atom. The van der Waals surface area contributed by atoms with Crippen LogP contribution in [0.25, 0.3) is 0 Å². The summed E-state index contributed by atoms with van der Waals surface area (Å²) in [5, 5.41) is -0.404. The van der Waals surface area contributed by atoms with E-state index in [1.807, 2.05) is 18.2 Å². The smallest absolute Gasteiger partial charge is 0.323 e. The molecule has 0 radical (unpaired) electrons. The van der Waals surface area contributed by atoms with Gasteiger partial charge >= 0.3 is 5.97 Å². The first-order chi connectivity index (χ1) is 14.1. The number of hydrogen-bond acceptors (Lipinski definition) is 4. The third-order valence-electron chi connectivity index (χ3n) is 5.19. The van der Waals surface area contributed by atoms with Gasteiger partial charge in [0, 0.05) is 12.2 Å². The Balaban J connectivity index is 2.46. The number of carbonyl (C=O) groups is 2. The van der Waals surface area contributed by atoms with Crippen LogP contribution in [0.4, 0.5) is 0 Å². The Kier molecular flexibility index (Phi) is 14.4. The SMILES string of the molecule is CCCCCCCCCCCCc1ccccc1C(SCCC(N)=O)C(=O)OC. The lowest BCUT2D eigenvalue weighted by atomic mass is 9.98. The van der Waals surface area contributed by atoms with Crippen LogP contribution in [0, 0.1) is 0 Å². The summed E-state index contributed by atoms with van der Waals surface area (Å²) in [4.78, 5) is 23.4. The van der Waals surface area contributed by atoms with E-state index in [0.29, 0.717) is 5.75 Å². The van der Waals surface area contributed by atoms with E-state index in [9.17, 15) is 9.59 Å². The number of nitrogens with two attached hydrogens (primary N) is 1. The van der Waals surface area contributed by atoms with Crippen molar-refractivity contribution in [3.8, 4) is 0 Å². The lowest BCUT2D eigenvalue weighted by molar-refractivity contribution is -0.140. The van der Waals surface area contributed by atoms with Crippen molar-refractivity contribution >= 4 is 23.6 Å². The fourth-order valence-corrected chi connectivity index (χ4v) is 4.69. The number of amides is 1. The summed E-state index contributed by atoms with van der Waals surface area (Å²) in [5.41, 5.74) is 7.44. The number of primary amides is 1. The van der Waals surface area contributed by atoms with Gasteiger partial charge in [-0.1, -0.05) is 89.0 Å². The van der Waals surface area contributed by atoms with Crippen molar-refractivity contribution in [1.29, 1.82) is 0 Å². The number of carbonyl (C=O) groups excluding carboxylic acids is 2.